The number of pyridine rings is 1. The van der Waals surface area contributed by atoms with Gasteiger partial charge in [-0.05, 0) is 24.3 Å². The second-order valence-corrected chi connectivity index (χ2v) is 4.19. The SMILES string of the molecule is COc1cccc(C#N)c1NC(=O)c1ccnc(CN)c1. The highest BCUT2D eigenvalue weighted by Crippen LogP contribution is 2.28. The average Bonchev–Trinajstić information content (AvgIpc) is 2.54. The number of nitrogens with two attached hydrogens (primary N) is 1. The van der Waals surface area contributed by atoms with Crippen molar-refractivity contribution >= 4 is 11.6 Å². The number of ether oxygens (including phenoxy) is 1. The molecule has 0 saturated heterocycles. The van der Waals surface area contributed by atoms with E-state index in [0.717, 1.165) is 0 Å². The Hall–Kier alpha value is -2.91. The van der Waals surface area contributed by atoms with E-state index in [0.29, 0.717) is 28.3 Å². The Balaban J connectivity index is 2.33. The highest BCUT2D eigenvalue weighted by atomic mass is 16.5. The Bertz CT molecular complexity index is 707. The van der Waals surface area contributed by atoms with Crippen LogP contribution in [0.5, 0.6) is 5.75 Å². The van der Waals surface area contributed by atoms with Gasteiger partial charge in [0.25, 0.3) is 5.91 Å². The molecule has 2 aromatic rings. The average molecular weight is 282 g/mol. The largest absolute Gasteiger partial charge is 0.495 e. The van der Waals surface area contributed by atoms with Gasteiger partial charge in [-0.25, -0.2) is 0 Å². The second kappa shape index (κ2) is 6.50. The van der Waals surface area contributed by atoms with Crippen molar-refractivity contribution in [2.24, 2.45) is 5.73 Å². The standard InChI is InChI=1S/C15H14N4O2/c1-21-13-4-2-3-11(8-16)14(13)19-15(20)10-5-6-18-12(7-10)9-17/h2-7H,9,17H2,1H3,(H,19,20). The maximum Gasteiger partial charge on any atom is 0.255 e. The van der Waals surface area contributed by atoms with Crippen molar-refractivity contribution in [1.82, 2.24) is 4.98 Å². The number of hydrogen-bond donors (Lipinski definition) is 2. The Morgan fingerprint density at radius 2 is 2.29 bits per heavy atom. The van der Waals surface area contributed by atoms with Crippen LogP contribution >= 0.6 is 0 Å². The molecule has 21 heavy (non-hydrogen) atoms. The van der Waals surface area contributed by atoms with Gasteiger partial charge in [-0.3, -0.25) is 9.78 Å². The molecular formula is C15H14N4O2. The molecule has 0 fully saturated rings. The van der Waals surface area contributed by atoms with Crippen LogP contribution in [0.25, 0.3) is 0 Å². The molecule has 1 aromatic carbocycles. The zero-order valence-corrected chi connectivity index (χ0v) is 11.5. The van der Waals surface area contributed by atoms with Gasteiger partial charge in [-0.2, -0.15) is 5.26 Å². The monoisotopic (exact) mass is 282 g/mol. The molecule has 2 rings (SSSR count). The minimum atomic E-state index is -0.354. The lowest BCUT2D eigenvalue weighted by Gasteiger charge is -2.11. The maximum atomic E-state index is 12.3. The summed E-state index contributed by atoms with van der Waals surface area (Å²) in [6.07, 6.45) is 1.52. The number of benzene rings is 1. The van der Waals surface area contributed by atoms with Gasteiger partial charge in [0.2, 0.25) is 0 Å². The Labute approximate surface area is 122 Å². The van der Waals surface area contributed by atoms with E-state index in [1.807, 2.05) is 6.07 Å². The number of amides is 1. The van der Waals surface area contributed by atoms with Gasteiger partial charge < -0.3 is 15.8 Å². The molecule has 0 radical (unpaired) electrons. The first kappa shape index (κ1) is 14.5. The molecule has 0 aliphatic carbocycles. The van der Waals surface area contributed by atoms with Gasteiger partial charge in [-0.15, -0.1) is 0 Å². The van der Waals surface area contributed by atoms with Crippen molar-refractivity contribution in [1.29, 1.82) is 5.26 Å². The van der Waals surface area contributed by atoms with Crippen LogP contribution in [0.4, 0.5) is 5.69 Å². The van der Waals surface area contributed by atoms with Crippen molar-refractivity contribution < 1.29 is 9.53 Å². The molecule has 1 amide bonds. The third-order valence-electron chi connectivity index (χ3n) is 2.89. The van der Waals surface area contributed by atoms with Gasteiger partial charge in [0, 0.05) is 18.3 Å². The third kappa shape index (κ3) is 3.16. The maximum absolute atomic E-state index is 12.3. The lowest BCUT2D eigenvalue weighted by molar-refractivity contribution is 0.102. The van der Waals surface area contributed by atoms with E-state index < -0.39 is 0 Å². The second-order valence-electron chi connectivity index (χ2n) is 4.19. The Morgan fingerprint density at radius 1 is 1.48 bits per heavy atom. The fraction of sp³-hybridized carbons (Fsp3) is 0.133. The van der Waals surface area contributed by atoms with Crippen LogP contribution in [-0.2, 0) is 6.54 Å². The molecule has 6 nitrogen and oxygen atoms in total. The number of para-hydroxylation sites is 1. The van der Waals surface area contributed by atoms with Crippen LogP contribution < -0.4 is 15.8 Å². The van der Waals surface area contributed by atoms with Crippen LogP contribution in [0.2, 0.25) is 0 Å². The number of hydrogen-bond acceptors (Lipinski definition) is 5. The molecule has 1 heterocycles. The van der Waals surface area contributed by atoms with Gasteiger partial charge >= 0.3 is 0 Å². The van der Waals surface area contributed by atoms with E-state index in [2.05, 4.69) is 10.3 Å². The molecule has 0 saturated carbocycles. The molecule has 0 aliphatic heterocycles. The number of nitrogens with zero attached hydrogens (tertiary/aromatic N) is 2. The number of anilines is 1. The van der Waals surface area contributed by atoms with Crippen LogP contribution in [-0.4, -0.2) is 18.0 Å². The van der Waals surface area contributed by atoms with Crippen molar-refractivity contribution in [3.63, 3.8) is 0 Å². The predicted octanol–water partition coefficient (Wildman–Crippen LogP) is 1.67. The summed E-state index contributed by atoms with van der Waals surface area (Å²) in [5.41, 5.74) is 7.21. The highest BCUT2D eigenvalue weighted by Gasteiger charge is 2.14. The summed E-state index contributed by atoms with van der Waals surface area (Å²) in [5, 5.41) is 11.8. The van der Waals surface area contributed by atoms with E-state index in [4.69, 9.17) is 15.7 Å². The normalized spacial score (nSPS) is 9.76. The predicted molar refractivity (Wildman–Crippen MR) is 77.8 cm³/mol. The Morgan fingerprint density at radius 3 is 2.95 bits per heavy atom. The van der Waals surface area contributed by atoms with Crippen molar-refractivity contribution in [3.8, 4) is 11.8 Å². The fourth-order valence-electron chi connectivity index (χ4n) is 1.84. The number of rotatable bonds is 4. The number of carbonyl (C=O) groups excluding carboxylic acids is 1. The van der Waals surface area contributed by atoms with Crippen molar-refractivity contribution in [2.75, 3.05) is 12.4 Å². The molecule has 0 atom stereocenters. The zero-order chi connectivity index (χ0) is 15.2. The van der Waals surface area contributed by atoms with Gasteiger partial charge in [-0.1, -0.05) is 6.07 Å². The molecule has 0 unspecified atom stereocenters. The molecule has 3 N–H and O–H groups in total. The zero-order valence-electron chi connectivity index (χ0n) is 11.5. The van der Waals surface area contributed by atoms with Crippen LogP contribution in [0, 0.1) is 11.3 Å². The minimum Gasteiger partial charge on any atom is -0.495 e. The summed E-state index contributed by atoms with van der Waals surface area (Å²) in [4.78, 5) is 16.3. The van der Waals surface area contributed by atoms with E-state index in [1.165, 1.54) is 13.3 Å². The molecule has 1 aromatic heterocycles. The topological polar surface area (TPSA) is 101 Å². The summed E-state index contributed by atoms with van der Waals surface area (Å²) in [5.74, 6) is 0.0728. The quantitative estimate of drug-likeness (QED) is 0.888. The van der Waals surface area contributed by atoms with Crippen molar-refractivity contribution in [3.05, 3.63) is 53.3 Å². The molecule has 0 aliphatic rings. The van der Waals surface area contributed by atoms with Crippen LogP contribution in [0.1, 0.15) is 21.6 Å². The first-order valence-electron chi connectivity index (χ1n) is 6.23. The number of nitrogens with one attached hydrogen (secondary N) is 1. The third-order valence-corrected chi connectivity index (χ3v) is 2.89. The molecule has 0 spiro atoms. The summed E-state index contributed by atoms with van der Waals surface area (Å²) in [6, 6.07) is 10.2. The van der Waals surface area contributed by atoms with E-state index >= 15 is 0 Å². The first-order valence-corrected chi connectivity index (χ1v) is 6.23. The number of aromatic nitrogens is 1. The highest BCUT2D eigenvalue weighted by molar-refractivity contribution is 6.05. The molecule has 6 heteroatoms. The van der Waals surface area contributed by atoms with E-state index in [1.54, 1.807) is 30.3 Å². The van der Waals surface area contributed by atoms with Crippen molar-refractivity contribution in [2.45, 2.75) is 6.54 Å². The van der Waals surface area contributed by atoms with Gasteiger partial charge in [0.05, 0.1) is 18.4 Å². The van der Waals surface area contributed by atoms with E-state index in [-0.39, 0.29) is 12.5 Å². The van der Waals surface area contributed by atoms with E-state index in [9.17, 15) is 4.79 Å². The fourth-order valence-corrected chi connectivity index (χ4v) is 1.84. The van der Waals surface area contributed by atoms with Crippen LogP contribution in [0.3, 0.4) is 0 Å². The number of carbonyl (C=O) groups is 1. The Kier molecular flexibility index (Phi) is 4.49. The summed E-state index contributed by atoms with van der Waals surface area (Å²) < 4.78 is 5.17. The first-order chi connectivity index (χ1) is 10.2. The lowest BCUT2D eigenvalue weighted by atomic mass is 10.1. The number of nitriles is 1. The lowest BCUT2D eigenvalue weighted by Crippen LogP contribution is -2.14. The molecule has 106 valence electrons. The molecular weight excluding hydrogens is 268 g/mol. The molecule has 0 bridgehead atoms. The van der Waals surface area contributed by atoms with Gasteiger partial charge in [0.15, 0.2) is 0 Å². The summed E-state index contributed by atoms with van der Waals surface area (Å²) >= 11 is 0. The smallest absolute Gasteiger partial charge is 0.255 e. The summed E-state index contributed by atoms with van der Waals surface area (Å²) in [6.45, 7) is 0.249. The minimum absolute atomic E-state index is 0.249. The number of methoxy groups -OCH3 is 1. The van der Waals surface area contributed by atoms with Gasteiger partial charge in [0.1, 0.15) is 17.5 Å². The summed E-state index contributed by atoms with van der Waals surface area (Å²) in [7, 11) is 1.48. The van der Waals surface area contributed by atoms with Crippen LogP contribution in [0.15, 0.2) is 36.5 Å².